The number of hydrogen-bond donors (Lipinski definition) is 1. The van der Waals surface area contributed by atoms with Gasteiger partial charge in [0, 0.05) is 13.1 Å². The summed E-state index contributed by atoms with van der Waals surface area (Å²) in [6.07, 6.45) is 6.89. The standard InChI is InChI=1S/C18H30N2/c1-3-19-13-12-16-8-10-18(11-9-16)15-20(2)14-17-6-4-5-7-17/h8-11,17,19H,3-7,12-15H2,1-2H3. The second kappa shape index (κ2) is 8.43. The number of benzene rings is 1. The van der Waals surface area contributed by atoms with Crippen molar-refractivity contribution in [2.75, 3.05) is 26.7 Å². The maximum Gasteiger partial charge on any atom is 0.0230 e. The molecule has 1 aliphatic carbocycles. The van der Waals surface area contributed by atoms with Gasteiger partial charge in [-0.05, 0) is 56.4 Å². The molecule has 0 aromatic heterocycles. The molecule has 0 bridgehead atoms. The number of hydrogen-bond acceptors (Lipinski definition) is 2. The van der Waals surface area contributed by atoms with E-state index in [0.29, 0.717) is 0 Å². The van der Waals surface area contributed by atoms with Crippen LogP contribution in [0.25, 0.3) is 0 Å². The van der Waals surface area contributed by atoms with Crippen LogP contribution >= 0.6 is 0 Å². The zero-order valence-corrected chi connectivity index (χ0v) is 13.2. The van der Waals surface area contributed by atoms with Gasteiger partial charge < -0.3 is 10.2 Å². The smallest absolute Gasteiger partial charge is 0.0230 e. The third-order valence-electron chi connectivity index (χ3n) is 4.36. The summed E-state index contributed by atoms with van der Waals surface area (Å²) in [7, 11) is 2.26. The van der Waals surface area contributed by atoms with Gasteiger partial charge in [0.2, 0.25) is 0 Å². The van der Waals surface area contributed by atoms with Crippen molar-refractivity contribution in [3.8, 4) is 0 Å². The highest BCUT2D eigenvalue weighted by atomic mass is 15.1. The molecule has 1 aromatic carbocycles. The van der Waals surface area contributed by atoms with Crippen LogP contribution in [-0.2, 0) is 13.0 Å². The van der Waals surface area contributed by atoms with Gasteiger partial charge in [0.1, 0.15) is 0 Å². The Labute approximate surface area is 124 Å². The molecule has 0 heterocycles. The fraction of sp³-hybridized carbons (Fsp3) is 0.667. The highest BCUT2D eigenvalue weighted by Crippen LogP contribution is 2.25. The summed E-state index contributed by atoms with van der Waals surface area (Å²) < 4.78 is 0. The first-order chi connectivity index (χ1) is 9.78. The van der Waals surface area contributed by atoms with Crippen LogP contribution in [-0.4, -0.2) is 31.6 Å². The summed E-state index contributed by atoms with van der Waals surface area (Å²) in [5.74, 6) is 0.944. The predicted octanol–water partition coefficient (Wildman–Crippen LogP) is 3.46. The molecule has 0 radical (unpaired) electrons. The van der Waals surface area contributed by atoms with Gasteiger partial charge in [-0.2, -0.15) is 0 Å². The van der Waals surface area contributed by atoms with E-state index in [9.17, 15) is 0 Å². The van der Waals surface area contributed by atoms with Gasteiger partial charge in [-0.1, -0.05) is 44.0 Å². The normalized spacial score (nSPS) is 16.1. The van der Waals surface area contributed by atoms with E-state index < -0.39 is 0 Å². The van der Waals surface area contributed by atoms with E-state index in [-0.39, 0.29) is 0 Å². The Morgan fingerprint density at radius 2 is 1.75 bits per heavy atom. The monoisotopic (exact) mass is 274 g/mol. The number of nitrogens with zero attached hydrogens (tertiary/aromatic N) is 1. The first-order valence-corrected chi connectivity index (χ1v) is 8.25. The molecule has 2 heteroatoms. The largest absolute Gasteiger partial charge is 0.317 e. The summed E-state index contributed by atoms with van der Waals surface area (Å²) in [6.45, 7) is 6.65. The van der Waals surface area contributed by atoms with Crippen molar-refractivity contribution >= 4 is 0 Å². The Morgan fingerprint density at radius 1 is 1.10 bits per heavy atom. The van der Waals surface area contributed by atoms with Crippen molar-refractivity contribution in [1.29, 1.82) is 0 Å². The molecule has 20 heavy (non-hydrogen) atoms. The van der Waals surface area contributed by atoms with Crippen LogP contribution in [0.4, 0.5) is 0 Å². The molecule has 0 unspecified atom stereocenters. The maximum absolute atomic E-state index is 3.38. The third kappa shape index (κ3) is 5.26. The Bertz CT molecular complexity index is 366. The molecule has 2 rings (SSSR count). The molecule has 1 aromatic rings. The van der Waals surface area contributed by atoms with Crippen LogP contribution in [0.2, 0.25) is 0 Å². The molecule has 0 saturated heterocycles. The topological polar surface area (TPSA) is 15.3 Å². The number of nitrogens with one attached hydrogen (secondary N) is 1. The van der Waals surface area contributed by atoms with E-state index in [4.69, 9.17) is 0 Å². The van der Waals surface area contributed by atoms with Crippen molar-refractivity contribution < 1.29 is 0 Å². The molecule has 2 nitrogen and oxygen atoms in total. The van der Waals surface area contributed by atoms with Gasteiger partial charge in [0.25, 0.3) is 0 Å². The average molecular weight is 274 g/mol. The second-order valence-electron chi connectivity index (χ2n) is 6.27. The first kappa shape index (κ1) is 15.5. The molecule has 1 fully saturated rings. The van der Waals surface area contributed by atoms with Gasteiger partial charge in [0.15, 0.2) is 0 Å². The van der Waals surface area contributed by atoms with Crippen LogP contribution < -0.4 is 5.32 Å². The first-order valence-electron chi connectivity index (χ1n) is 8.25. The lowest BCUT2D eigenvalue weighted by Gasteiger charge is -2.20. The summed E-state index contributed by atoms with van der Waals surface area (Å²) >= 11 is 0. The van der Waals surface area contributed by atoms with Crippen molar-refractivity contribution in [3.05, 3.63) is 35.4 Å². The van der Waals surface area contributed by atoms with Crippen molar-refractivity contribution in [2.24, 2.45) is 5.92 Å². The van der Waals surface area contributed by atoms with Gasteiger partial charge >= 0.3 is 0 Å². The van der Waals surface area contributed by atoms with E-state index in [1.165, 1.54) is 43.4 Å². The van der Waals surface area contributed by atoms with E-state index in [1.807, 2.05) is 0 Å². The number of rotatable bonds is 8. The summed E-state index contributed by atoms with van der Waals surface area (Å²) in [5, 5.41) is 3.38. The quantitative estimate of drug-likeness (QED) is 0.730. The molecular weight excluding hydrogens is 244 g/mol. The minimum atomic E-state index is 0.944. The van der Waals surface area contributed by atoms with Crippen LogP contribution in [0, 0.1) is 5.92 Å². The lowest BCUT2D eigenvalue weighted by Crippen LogP contribution is -2.24. The van der Waals surface area contributed by atoms with Gasteiger partial charge in [0.05, 0.1) is 0 Å². The zero-order valence-electron chi connectivity index (χ0n) is 13.2. The SMILES string of the molecule is CCNCCc1ccc(CN(C)CC2CCCC2)cc1. The van der Waals surface area contributed by atoms with E-state index in [0.717, 1.165) is 32.0 Å². The third-order valence-corrected chi connectivity index (χ3v) is 4.36. The molecule has 0 atom stereocenters. The Morgan fingerprint density at radius 3 is 2.40 bits per heavy atom. The van der Waals surface area contributed by atoms with E-state index in [2.05, 4.69) is 48.5 Å². The Hall–Kier alpha value is -0.860. The Balaban J connectivity index is 1.74. The molecular formula is C18H30N2. The van der Waals surface area contributed by atoms with Crippen LogP contribution in [0.15, 0.2) is 24.3 Å². The van der Waals surface area contributed by atoms with E-state index >= 15 is 0 Å². The Kier molecular flexibility index (Phi) is 6.55. The predicted molar refractivity (Wildman–Crippen MR) is 87.0 cm³/mol. The molecule has 0 amide bonds. The highest BCUT2D eigenvalue weighted by Gasteiger charge is 2.16. The van der Waals surface area contributed by atoms with Gasteiger partial charge in [-0.25, -0.2) is 0 Å². The van der Waals surface area contributed by atoms with Crippen LogP contribution in [0.3, 0.4) is 0 Å². The highest BCUT2D eigenvalue weighted by molar-refractivity contribution is 5.22. The van der Waals surface area contributed by atoms with Crippen molar-refractivity contribution in [3.63, 3.8) is 0 Å². The lowest BCUT2D eigenvalue weighted by molar-refractivity contribution is 0.271. The molecule has 1 aliphatic rings. The second-order valence-corrected chi connectivity index (χ2v) is 6.27. The minimum absolute atomic E-state index is 0.944. The number of likely N-dealkylation sites (N-methyl/N-ethyl adjacent to an activating group) is 1. The fourth-order valence-corrected chi connectivity index (χ4v) is 3.23. The van der Waals surface area contributed by atoms with Crippen molar-refractivity contribution in [1.82, 2.24) is 10.2 Å². The summed E-state index contributed by atoms with van der Waals surface area (Å²) in [4.78, 5) is 2.49. The van der Waals surface area contributed by atoms with E-state index in [1.54, 1.807) is 0 Å². The van der Waals surface area contributed by atoms with Crippen molar-refractivity contribution in [2.45, 2.75) is 45.6 Å². The molecule has 1 saturated carbocycles. The summed E-state index contributed by atoms with van der Waals surface area (Å²) in [5.41, 5.74) is 2.88. The van der Waals surface area contributed by atoms with Gasteiger partial charge in [-0.3, -0.25) is 0 Å². The molecule has 0 spiro atoms. The minimum Gasteiger partial charge on any atom is -0.317 e. The van der Waals surface area contributed by atoms with Crippen LogP contribution in [0.1, 0.15) is 43.7 Å². The average Bonchev–Trinajstić information content (AvgIpc) is 2.94. The lowest BCUT2D eigenvalue weighted by atomic mass is 10.1. The maximum atomic E-state index is 3.38. The molecule has 1 N–H and O–H groups in total. The van der Waals surface area contributed by atoms with Gasteiger partial charge in [-0.15, -0.1) is 0 Å². The molecule has 0 aliphatic heterocycles. The molecule has 112 valence electrons. The zero-order chi connectivity index (χ0) is 14.2. The summed E-state index contributed by atoms with van der Waals surface area (Å²) in [6, 6.07) is 9.17. The fourth-order valence-electron chi connectivity index (χ4n) is 3.23. The van der Waals surface area contributed by atoms with Crippen LogP contribution in [0.5, 0.6) is 0 Å².